The fourth-order valence-corrected chi connectivity index (χ4v) is 2.86. The highest BCUT2D eigenvalue weighted by atomic mass is 32.2. The molecule has 2 rings (SSSR count). The number of nitrogens with zero attached hydrogens (tertiary/aromatic N) is 1. The maximum atomic E-state index is 8.77. The molecule has 1 unspecified atom stereocenters. The number of aromatic nitrogens is 2. The number of hydrogen-bond acceptors (Lipinski definition) is 4. The molecule has 0 fully saturated rings. The summed E-state index contributed by atoms with van der Waals surface area (Å²) in [5.74, 6) is 0.952. The van der Waals surface area contributed by atoms with E-state index in [2.05, 4.69) is 46.7 Å². The normalized spacial score (nSPS) is 12.3. The number of aromatic amines is 1. The highest BCUT2D eigenvalue weighted by Crippen LogP contribution is 2.24. The molecule has 0 aliphatic carbocycles. The molecular formula is C15H21N3OS. The first-order valence-corrected chi connectivity index (χ1v) is 7.79. The molecule has 0 saturated heterocycles. The highest BCUT2D eigenvalue weighted by Gasteiger charge is 2.09. The molecule has 1 atom stereocenters. The van der Waals surface area contributed by atoms with E-state index in [-0.39, 0.29) is 12.6 Å². The molecule has 0 aliphatic rings. The number of aliphatic hydroxyl groups is 1. The van der Waals surface area contributed by atoms with Crippen molar-refractivity contribution in [2.75, 3.05) is 17.7 Å². The number of aliphatic hydroxyl groups excluding tert-OH is 1. The Bertz CT molecular complexity index is 524. The molecule has 0 amide bonds. The van der Waals surface area contributed by atoms with Crippen LogP contribution in [0.2, 0.25) is 0 Å². The minimum absolute atomic E-state index is 0.224. The summed E-state index contributed by atoms with van der Waals surface area (Å²) in [5.41, 5.74) is 3.39. The van der Waals surface area contributed by atoms with Crippen molar-refractivity contribution in [1.82, 2.24) is 10.2 Å². The molecule has 1 heterocycles. The van der Waals surface area contributed by atoms with Gasteiger partial charge in [-0.2, -0.15) is 5.10 Å². The lowest BCUT2D eigenvalue weighted by Gasteiger charge is -2.15. The zero-order chi connectivity index (χ0) is 14.4. The van der Waals surface area contributed by atoms with Gasteiger partial charge in [-0.3, -0.25) is 5.10 Å². The summed E-state index contributed by atoms with van der Waals surface area (Å²) in [4.78, 5) is 1.23. The number of nitrogens with one attached hydrogen (secondary N) is 2. The van der Waals surface area contributed by atoms with Gasteiger partial charge < -0.3 is 10.4 Å². The molecule has 0 spiro atoms. The Morgan fingerprint density at radius 2 is 2.10 bits per heavy atom. The fraction of sp³-hybridized carbons (Fsp3) is 0.400. The van der Waals surface area contributed by atoms with E-state index < -0.39 is 0 Å². The molecule has 5 heteroatoms. The van der Waals surface area contributed by atoms with Crippen LogP contribution in [0.3, 0.4) is 0 Å². The smallest absolute Gasteiger partial charge is 0.0542 e. The van der Waals surface area contributed by atoms with Crippen LogP contribution in [0.5, 0.6) is 0 Å². The van der Waals surface area contributed by atoms with E-state index in [1.165, 1.54) is 10.5 Å². The van der Waals surface area contributed by atoms with E-state index in [1.54, 1.807) is 11.8 Å². The molecule has 3 N–H and O–H groups in total. The standard InChI is InChI=1S/C15H21N3OS/c1-11(15-10-16-18-12(15)2)17-13-4-6-14(7-5-13)20-9-3-8-19/h4-7,10-11,17,19H,3,8-9H2,1-2H3,(H,16,18). The van der Waals surface area contributed by atoms with Crippen molar-refractivity contribution >= 4 is 17.4 Å². The second-order valence-electron chi connectivity index (χ2n) is 4.77. The fourth-order valence-electron chi connectivity index (χ4n) is 2.03. The largest absolute Gasteiger partial charge is 0.396 e. The van der Waals surface area contributed by atoms with Crippen LogP contribution >= 0.6 is 11.8 Å². The molecule has 108 valence electrons. The average molecular weight is 291 g/mol. The maximum absolute atomic E-state index is 8.77. The number of benzene rings is 1. The van der Waals surface area contributed by atoms with Crippen molar-refractivity contribution in [2.45, 2.75) is 31.2 Å². The molecule has 20 heavy (non-hydrogen) atoms. The molecule has 1 aromatic carbocycles. The van der Waals surface area contributed by atoms with Crippen molar-refractivity contribution < 1.29 is 5.11 Å². The molecule has 4 nitrogen and oxygen atoms in total. The third kappa shape index (κ3) is 4.02. The lowest BCUT2D eigenvalue weighted by Crippen LogP contribution is -2.06. The third-order valence-corrected chi connectivity index (χ3v) is 4.24. The van der Waals surface area contributed by atoms with Crippen molar-refractivity contribution in [2.24, 2.45) is 0 Å². The monoisotopic (exact) mass is 291 g/mol. The van der Waals surface area contributed by atoms with Gasteiger partial charge in [0, 0.05) is 34.2 Å². The molecule has 0 radical (unpaired) electrons. The molecule has 0 saturated carbocycles. The van der Waals surface area contributed by atoms with E-state index in [0.717, 1.165) is 23.6 Å². The Morgan fingerprint density at radius 1 is 1.35 bits per heavy atom. The second-order valence-corrected chi connectivity index (χ2v) is 5.93. The van der Waals surface area contributed by atoms with Crippen LogP contribution in [-0.4, -0.2) is 27.7 Å². The van der Waals surface area contributed by atoms with Gasteiger partial charge in [0.1, 0.15) is 0 Å². The number of aryl methyl sites for hydroxylation is 1. The first-order valence-electron chi connectivity index (χ1n) is 6.81. The zero-order valence-electron chi connectivity index (χ0n) is 11.9. The van der Waals surface area contributed by atoms with Crippen molar-refractivity contribution in [3.63, 3.8) is 0 Å². The van der Waals surface area contributed by atoms with Gasteiger partial charge in [-0.15, -0.1) is 11.8 Å². The lowest BCUT2D eigenvalue weighted by molar-refractivity contribution is 0.296. The van der Waals surface area contributed by atoms with Crippen LogP contribution in [0.1, 0.15) is 30.6 Å². The van der Waals surface area contributed by atoms with Gasteiger partial charge in [-0.05, 0) is 44.5 Å². The SMILES string of the molecule is Cc1[nH]ncc1C(C)Nc1ccc(SCCCO)cc1. The maximum Gasteiger partial charge on any atom is 0.0542 e. The predicted molar refractivity (Wildman–Crippen MR) is 84.2 cm³/mol. The summed E-state index contributed by atoms with van der Waals surface area (Å²) in [6, 6.07) is 8.63. The predicted octanol–water partition coefficient (Wildman–Crippen LogP) is 3.37. The van der Waals surface area contributed by atoms with E-state index in [1.807, 2.05) is 13.1 Å². The van der Waals surface area contributed by atoms with Gasteiger partial charge in [0.05, 0.1) is 12.2 Å². The molecule has 0 bridgehead atoms. The number of anilines is 1. The minimum Gasteiger partial charge on any atom is -0.396 e. The van der Waals surface area contributed by atoms with Gasteiger partial charge in [-0.25, -0.2) is 0 Å². The first kappa shape index (κ1) is 14.9. The first-order chi connectivity index (χ1) is 9.70. The molecular weight excluding hydrogens is 270 g/mol. The Balaban J connectivity index is 1.92. The number of rotatable bonds is 7. The lowest BCUT2D eigenvalue weighted by atomic mass is 10.1. The van der Waals surface area contributed by atoms with Gasteiger partial charge in [0.2, 0.25) is 0 Å². The van der Waals surface area contributed by atoms with E-state index in [0.29, 0.717) is 0 Å². The van der Waals surface area contributed by atoms with Crippen LogP contribution in [0.25, 0.3) is 0 Å². The van der Waals surface area contributed by atoms with Crippen molar-refractivity contribution in [3.05, 3.63) is 41.7 Å². The Morgan fingerprint density at radius 3 is 2.70 bits per heavy atom. The minimum atomic E-state index is 0.224. The average Bonchev–Trinajstić information content (AvgIpc) is 2.87. The van der Waals surface area contributed by atoms with Gasteiger partial charge in [0.25, 0.3) is 0 Å². The third-order valence-electron chi connectivity index (χ3n) is 3.14. The van der Waals surface area contributed by atoms with Crippen molar-refractivity contribution in [3.8, 4) is 0 Å². The van der Waals surface area contributed by atoms with Crippen LogP contribution < -0.4 is 5.32 Å². The van der Waals surface area contributed by atoms with Crippen LogP contribution in [0.15, 0.2) is 35.4 Å². The molecule has 2 aromatic rings. The van der Waals surface area contributed by atoms with E-state index in [9.17, 15) is 0 Å². The second kappa shape index (κ2) is 7.36. The molecule has 1 aromatic heterocycles. The van der Waals surface area contributed by atoms with Crippen LogP contribution in [0.4, 0.5) is 5.69 Å². The van der Waals surface area contributed by atoms with Crippen LogP contribution in [0, 0.1) is 6.92 Å². The number of H-pyrrole nitrogens is 1. The Kier molecular flexibility index (Phi) is 5.49. The summed E-state index contributed by atoms with van der Waals surface area (Å²) in [6.07, 6.45) is 2.70. The highest BCUT2D eigenvalue weighted by molar-refractivity contribution is 7.99. The van der Waals surface area contributed by atoms with Gasteiger partial charge in [-0.1, -0.05) is 0 Å². The summed E-state index contributed by atoms with van der Waals surface area (Å²) in [5, 5.41) is 19.3. The van der Waals surface area contributed by atoms with E-state index >= 15 is 0 Å². The van der Waals surface area contributed by atoms with E-state index in [4.69, 9.17) is 5.11 Å². The number of thioether (sulfide) groups is 1. The van der Waals surface area contributed by atoms with Crippen LogP contribution in [-0.2, 0) is 0 Å². The summed E-state index contributed by atoms with van der Waals surface area (Å²) < 4.78 is 0. The summed E-state index contributed by atoms with van der Waals surface area (Å²) >= 11 is 1.77. The van der Waals surface area contributed by atoms with Gasteiger partial charge >= 0.3 is 0 Å². The number of hydrogen-bond donors (Lipinski definition) is 3. The van der Waals surface area contributed by atoms with Crippen molar-refractivity contribution in [1.29, 1.82) is 0 Å². The zero-order valence-corrected chi connectivity index (χ0v) is 12.7. The quantitative estimate of drug-likeness (QED) is 0.541. The topological polar surface area (TPSA) is 60.9 Å². The summed E-state index contributed by atoms with van der Waals surface area (Å²) in [7, 11) is 0. The molecule has 0 aliphatic heterocycles. The Labute approximate surface area is 124 Å². The summed E-state index contributed by atoms with van der Waals surface area (Å²) in [6.45, 7) is 4.41. The Hall–Kier alpha value is -1.46. The van der Waals surface area contributed by atoms with Gasteiger partial charge in [0.15, 0.2) is 0 Å².